The molecule has 1 fully saturated rings. The molecule has 0 saturated carbocycles. The second kappa shape index (κ2) is 6.22. The van der Waals surface area contributed by atoms with Crippen LogP contribution in [-0.2, 0) is 11.3 Å². The number of nitrogens with one attached hydrogen (secondary N) is 1. The molecule has 1 saturated heterocycles. The molecule has 1 N–H and O–H groups in total. The van der Waals surface area contributed by atoms with Gasteiger partial charge in [-0.3, -0.25) is 9.78 Å². The van der Waals surface area contributed by atoms with Crippen LogP contribution in [0.15, 0.2) is 36.5 Å². The van der Waals surface area contributed by atoms with Crippen LogP contribution in [0.3, 0.4) is 0 Å². The van der Waals surface area contributed by atoms with Gasteiger partial charge >= 0.3 is 0 Å². The average Bonchev–Trinajstić information content (AvgIpc) is 2.53. The summed E-state index contributed by atoms with van der Waals surface area (Å²) < 4.78 is 0. The Hall–Kier alpha value is -1.94. The van der Waals surface area contributed by atoms with E-state index < -0.39 is 0 Å². The zero-order valence-electron chi connectivity index (χ0n) is 12.4. The van der Waals surface area contributed by atoms with Gasteiger partial charge in [-0.25, -0.2) is 0 Å². The minimum Gasteiger partial charge on any atom is -0.343 e. The standard InChI is InChI=1S/C17H21N3O/c1-13(21)20-9-6-16(7-10-20)19-12-14-4-5-17-15(11-14)3-2-8-18-17/h2-5,8,11,16,19H,6-7,9-10,12H2,1H3. The number of hydrogen-bond donors (Lipinski definition) is 1. The highest BCUT2D eigenvalue weighted by molar-refractivity contribution is 5.78. The predicted octanol–water partition coefficient (Wildman–Crippen LogP) is 2.34. The summed E-state index contributed by atoms with van der Waals surface area (Å²) in [6, 6.07) is 11.0. The van der Waals surface area contributed by atoms with Gasteiger partial charge in [-0.05, 0) is 36.6 Å². The Balaban J connectivity index is 1.56. The van der Waals surface area contributed by atoms with Crippen molar-refractivity contribution in [2.24, 2.45) is 0 Å². The highest BCUT2D eigenvalue weighted by Crippen LogP contribution is 2.15. The molecule has 0 spiro atoms. The van der Waals surface area contributed by atoms with Gasteiger partial charge in [0.1, 0.15) is 0 Å². The van der Waals surface area contributed by atoms with Gasteiger partial charge < -0.3 is 10.2 Å². The molecule has 1 amide bonds. The molecule has 21 heavy (non-hydrogen) atoms. The van der Waals surface area contributed by atoms with E-state index in [2.05, 4.69) is 34.6 Å². The van der Waals surface area contributed by atoms with Gasteiger partial charge in [-0.15, -0.1) is 0 Å². The topological polar surface area (TPSA) is 45.2 Å². The summed E-state index contributed by atoms with van der Waals surface area (Å²) in [5.74, 6) is 0.190. The van der Waals surface area contributed by atoms with Crippen LogP contribution >= 0.6 is 0 Å². The second-order valence-electron chi connectivity index (χ2n) is 5.69. The van der Waals surface area contributed by atoms with Crippen LogP contribution in [0.5, 0.6) is 0 Å². The molecule has 0 aliphatic carbocycles. The van der Waals surface area contributed by atoms with E-state index in [9.17, 15) is 4.79 Å². The predicted molar refractivity (Wildman–Crippen MR) is 83.9 cm³/mol. The summed E-state index contributed by atoms with van der Waals surface area (Å²) in [7, 11) is 0. The van der Waals surface area contributed by atoms with Crippen LogP contribution in [0.25, 0.3) is 10.9 Å². The molecule has 0 bridgehead atoms. The van der Waals surface area contributed by atoms with Crippen LogP contribution < -0.4 is 5.32 Å². The Morgan fingerprint density at radius 3 is 2.90 bits per heavy atom. The molecule has 4 heteroatoms. The number of likely N-dealkylation sites (tertiary alicyclic amines) is 1. The third-order valence-corrected chi connectivity index (χ3v) is 4.20. The molecular formula is C17H21N3O. The zero-order valence-corrected chi connectivity index (χ0v) is 12.4. The Labute approximate surface area is 125 Å². The Bertz CT molecular complexity index is 633. The molecule has 4 nitrogen and oxygen atoms in total. The minimum absolute atomic E-state index is 0.190. The summed E-state index contributed by atoms with van der Waals surface area (Å²) in [4.78, 5) is 17.6. The van der Waals surface area contributed by atoms with E-state index in [1.165, 1.54) is 10.9 Å². The largest absolute Gasteiger partial charge is 0.343 e. The first-order valence-electron chi connectivity index (χ1n) is 7.55. The molecule has 3 rings (SSSR count). The lowest BCUT2D eigenvalue weighted by Gasteiger charge is -2.31. The van der Waals surface area contributed by atoms with Crippen molar-refractivity contribution in [3.63, 3.8) is 0 Å². The summed E-state index contributed by atoms with van der Waals surface area (Å²) in [5, 5.41) is 4.79. The lowest BCUT2D eigenvalue weighted by atomic mass is 10.0. The third kappa shape index (κ3) is 3.39. The molecule has 1 aromatic carbocycles. The first kappa shape index (κ1) is 14.0. The molecular weight excluding hydrogens is 262 g/mol. The van der Waals surface area contributed by atoms with E-state index in [0.29, 0.717) is 6.04 Å². The molecule has 0 radical (unpaired) electrons. The number of carbonyl (C=O) groups excluding carboxylic acids is 1. The number of amides is 1. The van der Waals surface area contributed by atoms with E-state index in [0.717, 1.165) is 38.0 Å². The van der Waals surface area contributed by atoms with Crippen molar-refractivity contribution in [1.82, 2.24) is 15.2 Å². The maximum absolute atomic E-state index is 11.3. The SMILES string of the molecule is CC(=O)N1CCC(NCc2ccc3ncccc3c2)CC1. The monoisotopic (exact) mass is 283 g/mol. The van der Waals surface area contributed by atoms with E-state index in [1.807, 2.05) is 17.2 Å². The number of hydrogen-bond acceptors (Lipinski definition) is 3. The molecule has 1 aromatic heterocycles. The maximum atomic E-state index is 11.3. The number of pyridine rings is 1. The first-order chi connectivity index (χ1) is 10.2. The Morgan fingerprint density at radius 1 is 1.33 bits per heavy atom. The van der Waals surface area contributed by atoms with Crippen molar-refractivity contribution < 1.29 is 4.79 Å². The number of nitrogens with zero attached hydrogens (tertiary/aromatic N) is 2. The smallest absolute Gasteiger partial charge is 0.219 e. The highest BCUT2D eigenvalue weighted by Gasteiger charge is 2.19. The van der Waals surface area contributed by atoms with Crippen LogP contribution in [0, 0.1) is 0 Å². The van der Waals surface area contributed by atoms with Gasteiger partial charge in [0.15, 0.2) is 0 Å². The van der Waals surface area contributed by atoms with E-state index in [4.69, 9.17) is 0 Å². The normalized spacial score (nSPS) is 16.3. The maximum Gasteiger partial charge on any atom is 0.219 e. The second-order valence-corrected chi connectivity index (χ2v) is 5.69. The van der Waals surface area contributed by atoms with Crippen molar-refractivity contribution in [2.45, 2.75) is 32.4 Å². The fraction of sp³-hybridized carbons (Fsp3) is 0.412. The molecule has 0 unspecified atom stereocenters. The van der Waals surface area contributed by atoms with E-state index in [-0.39, 0.29) is 5.91 Å². The lowest BCUT2D eigenvalue weighted by molar-refractivity contribution is -0.129. The molecule has 2 aromatic rings. The number of piperidine rings is 1. The number of aromatic nitrogens is 1. The van der Waals surface area contributed by atoms with Crippen LogP contribution in [-0.4, -0.2) is 34.9 Å². The van der Waals surface area contributed by atoms with Crippen molar-refractivity contribution in [2.75, 3.05) is 13.1 Å². The summed E-state index contributed by atoms with van der Waals surface area (Å²) in [6.07, 6.45) is 3.90. The van der Waals surface area contributed by atoms with Crippen molar-refractivity contribution in [3.05, 3.63) is 42.1 Å². The fourth-order valence-corrected chi connectivity index (χ4v) is 2.90. The number of carbonyl (C=O) groups is 1. The number of benzene rings is 1. The third-order valence-electron chi connectivity index (χ3n) is 4.20. The summed E-state index contributed by atoms with van der Waals surface area (Å²) in [5.41, 5.74) is 2.32. The van der Waals surface area contributed by atoms with Gasteiger partial charge in [0.2, 0.25) is 5.91 Å². The quantitative estimate of drug-likeness (QED) is 0.940. The van der Waals surface area contributed by atoms with Gasteiger partial charge in [0, 0.05) is 44.2 Å². The van der Waals surface area contributed by atoms with Crippen LogP contribution in [0.1, 0.15) is 25.3 Å². The van der Waals surface area contributed by atoms with E-state index in [1.54, 1.807) is 6.92 Å². The molecule has 1 aliphatic rings. The Morgan fingerprint density at radius 2 is 2.14 bits per heavy atom. The van der Waals surface area contributed by atoms with Gasteiger partial charge in [-0.2, -0.15) is 0 Å². The highest BCUT2D eigenvalue weighted by atomic mass is 16.2. The lowest BCUT2D eigenvalue weighted by Crippen LogP contribution is -2.43. The first-order valence-corrected chi connectivity index (χ1v) is 7.55. The van der Waals surface area contributed by atoms with Gasteiger partial charge in [-0.1, -0.05) is 12.1 Å². The molecule has 110 valence electrons. The molecule has 2 heterocycles. The van der Waals surface area contributed by atoms with Crippen molar-refractivity contribution in [3.8, 4) is 0 Å². The van der Waals surface area contributed by atoms with Gasteiger partial charge in [0.05, 0.1) is 5.52 Å². The summed E-state index contributed by atoms with van der Waals surface area (Å²) >= 11 is 0. The van der Waals surface area contributed by atoms with Crippen LogP contribution in [0.2, 0.25) is 0 Å². The number of rotatable bonds is 3. The minimum atomic E-state index is 0.190. The van der Waals surface area contributed by atoms with Crippen molar-refractivity contribution >= 4 is 16.8 Å². The van der Waals surface area contributed by atoms with E-state index >= 15 is 0 Å². The molecule has 0 atom stereocenters. The zero-order chi connectivity index (χ0) is 14.7. The molecule has 1 aliphatic heterocycles. The average molecular weight is 283 g/mol. The van der Waals surface area contributed by atoms with Gasteiger partial charge in [0.25, 0.3) is 0 Å². The van der Waals surface area contributed by atoms with Crippen LogP contribution in [0.4, 0.5) is 0 Å². The van der Waals surface area contributed by atoms with Crippen molar-refractivity contribution in [1.29, 1.82) is 0 Å². The fourth-order valence-electron chi connectivity index (χ4n) is 2.90. The summed E-state index contributed by atoms with van der Waals surface area (Å²) in [6.45, 7) is 4.26. The number of fused-ring (bicyclic) bond motifs is 1. The Kier molecular flexibility index (Phi) is 4.15.